The Hall–Kier alpha value is -0.0300. The van der Waals surface area contributed by atoms with Gasteiger partial charge in [0.15, 0.2) is 0 Å². The summed E-state index contributed by atoms with van der Waals surface area (Å²) in [4.78, 5) is 0. The first-order chi connectivity index (χ1) is 2.91. The van der Waals surface area contributed by atoms with Gasteiger partial charge in [-0.1, -0.05) is 12.4 Å². The highest BCUT2D eigenvalue weighted by Gasteiger charge is 1.59. The summed E-state index contributed by atoms with van der Waals surface area (Å²) < 4.78 is 4.27. The van der Waals surface area contributed by atoms with E-state index in [0.717, 1.165) is 12.6 Å². The molecule has 0 heterocycles. The van der Waals surface area contributed by atoms with Crippen molar-refractivity contribution in [2.75, 3.05) is 6.16 Å². The van der Waals surface area contributed by atoms with Crippen molar-refractivity contribution in [2.24, 2.45) is 0 Å². The second kappa shape index (κ2) is 4.97. The quantitative estimate of drug-likeness (QED) is 0.277. The van der Waals surface area contributed by atoms with Crippen molar-refractivity contribution in [3.05, 3.63) is 7.11 Å². The van der Waals surface area contributed by atoms with Gasteiger partial charge in [-0.3, -0.25) is 0 Å². The van der Waals surface area contributed by atoms with Gasteiger partial charge in [0.05, 0.1) is 0 Å². The van der Waals surface area contributed by atoms with Crippen molar-refractivity contribution in [3.63, 3.8) is 0 Å². The molecule has 0 aliphatic rings. The molecule has 0 spiro atoms. The summed E-state index contributed by atoms with van der Waals surface area (Å²) in [6.45, 7) is 0. The van der Waals surface area contributed by atoms with Gasteiger partial charge in [-0.05, 0) is 7.11 Å². The summed E-state index contributed by atoms with van der Waals surface area (Å²) in [6.07, 6.45) is 4.40. The normalized spacial score (nSPS) is 10.2. The van der Waals surface area contributed by atoms with E-state index in [0.29, 0.717) is 0 Å². The van der Waals surface area contributed by atoms with Crippen molar-refractivity contribution in [1.29, 1.82) is 0 Å². The van der Waals surface area contributed by atoms with Crippen LogP contribution in [-0.2, 0) is 4.42 Å². The van der Waals surface area contributed by atoms with Crippen LogP contribution in [0.25, 0.3) is 0 Å². The Balaban J connectivity index is 2.66. The zero-order valence-corrected chi connectivity index (χ0v) is 4.76. The molecule has 0 aliphatic carbocycles. The maximum absolute atomic E-state index is 4.27. The first-order valence-electron chi connectivity index (χ1n) is 1.75. The highest BCUT2D eigenvalue weighted by atomic mass is 31.0. The van der Waals surface area contributed by atoms with Crippen LogP contribution in [0.5, 0.6) is 0 Å². The summed E-state index contributed by atoms with van der Waals surface area (Å²) in [5, 5.41) is 0. The molecule has 0 aromatic carbocycles. The van der Waals surface area contributed by atoms with E-state index >= 15 is 0 Å². The second-order valence-electron chi connectivity index (χ2n) is 0.827. The molecular weight excluding hydrogens is 95.0 g/mol. The molecule has 0 aromatic heterocycles. The van der Waals surface area contributed by atoms with Crippen molar-refractivity contribution in [3.8, 4) is 0 Å². The van der Waals surface area contributed by atoms with Gasteiger partial charge in [0.2, 0.25) is 0 Å². The summed E-state index contributed by atoms with van der Waals surface area (Å²) >= 11 is 0. The molecular formula is C4H8OP-. The van der Waals surface area contributed by atoms with Gasteiger partial charge in [-0.15, -0.1) is 15.7 Å². The van der Waals surface area contributed by atoms with Gasteiger partial charge in [-0.25, -0.2) is 0 Å². The molecule has 36 valence electrons. The fourth-order valence-electron chi connectivity index (χ4n) is 0.131. The van der Waals surface area contributed by atoms with E-state index in [9.17, 15) is 0 Å². The fourth-order valence-corrected chi connectivity index (χ4v) is 0.249. The molecule has 0 aromatic rings. The molecule has 0 fully saturated rings. The van der Waals surface area contributed by atoms with Gasteiger partial charge >= 0.3 is 0 Å². The van der Waals surface area contributed by atoms with Crippen LogP contribution in [0.4, 0.5) is 0 Å². The highest BCUT2D eigenvalue weighted by molar-refractivity contribution is 7.16. The number of hydrogen-bond acceptors (Lipinski definition) is 0. The highest BCUT2D eigenvalue weighted by Crippen LogP contribution is 1.80. The van der Waals surface area contributed by atoms with Crippen LogP contribution >= 0.6 is 9.24 Å². The molecule has 0 saturated carbocycles. The Morgan fingerprint density at radius 3 is 2.67 bits per heavy atom. The Morgan fingerprint density at radius 1 is 1.83 bits per heavy atom. The number of rotatable bonds is 2. The van der Waals surface area contributed by atoms with Crippen LogP contribution in [0.3, 0.4) is 0 Å². The molecule has 0 N–H and O–H groups in total. The van der Waals surface area contributed by atoms with Crippen LogP contribution in [0.2, 0.25) is 0 Å². The van der Waals surface area contributed by atoms with E-state index in [1.54, 1.807) is 0 Å². The molecule has 6 heavy (non-hydrogen) atoms. The van der Waals surface area contributed by atoms with Gasteiger partial charge < -0.3 is 4.42 Å². The lowest BCUT2D eigenvalue weighted by molar-refractivity contribution is 0.236. The van der Waals surface area contributed by atoms with E-state index in [4.69, 9.17) is 0 Å². The predicted molar refractivity (Wildman–Crippen MR) is 30.2 cm³/mol. The molecule has 0 aliphatic heterocycles. The SMILES string of the molecule is [CH2-][O+]=[C-]CCP. The standard InChI is InChI=1S/C4H8OP/c1-5-3-2-4-6/h1-2,4,6H2/q-1. The van der Waals surface area contributed by atoms with E-state index in [1.807, 2.05) is 0 Å². The third-order valence-corrected chi connectivity index (χ3v) is 0.637. The molecule has 0 saturated heterocycles. The Kier molecular flexibility index (Phi) is 4.95. The monoisotopic (exact) mass is 103 g/mol. The summed E-state index contributed by atoms with van der Waals surface area (Å²) in [6, 6.07) is 0. The minimum absolute atomic E-state index is 0.841. The topological polar surface area (TPSA) is 11.3 Å². The van der Waals surface area contributed by atoms with E-state index in [2.05, 4.69) is 27.1 Å². The van der Waals surface area contributed by atoms with Crippen LogP contribution in [0, 0.1) is 7.11 Å². The second-order valence-corrected chi connectivity index (χ2v) is 1.40. The Labute approximate surface area is 40.6 Å². The lowest BCUT2D eigenvalue weighted by Crippen LogP contribution is -1.74. The smallest absolute Gasteiger partial charge is 0.0423 e. The van der Waals surface area contributed by atoms with E-state index in [-0.39, 0.29) is 0 Å². The molecule has 2 heteroatoms. The fraction of sp³-hybridized carbons (Fsp3) is 0.500. The molecule has 0 amide bonds. The third kappa shape index (κ3) is 3.97. The van der Waals surface area contributed by atoms with Crippen LogP contribution < -0.4 is 0 Å². The van der Waals surface area contributed by atoms with Gasteiger partial charge in [-0.2, -0.15) is 0 Å². The third-order valence-electron chi connectivity index (χ3n) is 0.348. The lowest BCUT2D eigenvalue weighted by atomic mass is 10.6. The van der Waals surface area contributed by atoms with Gasteiger partial charge in [0.25, 0.3) is 0 Å². The minimum atomic E-state index is 0.841. The van der Waals surface area contributed by atoms with Crippen molar-refractivity contribution in [1.82, 2.24) is 0 Å². The molecule has 1 nitrogen and oxygen atoms in total. The maximum atomic E-state index is 4.27. The van der Waals surface area contributed by atoms with Crippen molar-refractivity contribution >= 4 is 15.5 Å². The predicted octanol–water partition coefficient (Wildman–Crippen LogP) is 0.689. The lowest BCUT2D eigenvalue weighted by Gasteiger charge is -1.85. The first-order valence-corrected chi connectivity index (χ1v) is 2.57. The van der Waals surface area contributed by atoms with E-state index in [1.165, 1.54) is 0 Å². The number of carbonyl (C=O) groups excluding carboxylic acids is 1. The zero-order chi connectivity index (χ0) is 4.83. The van der Waals surface area contributed by atoms with Crippen LogP contribution in [-0.4, -0.2) is 12.4 Å². The first kappa shape index (κ1) is 5.97. The molecule has 0 rings (SSSR count). The molecule has 0 radical (unpaired) electrons. The minimum Gasteiger partial charge on any atom is -0.587 e. The average Bonchev–Trinajstić information content (AvgIpc) is 1.61. The van der Waals surface area contributed by atoms with Crippen LogP contribution in [0.1, 0.15) is 6.42 Å². The average molecular weight is 103 g/mol. The van der Waals surface area contributed by atoms with E-state index < -0.39 is 0 Å². The Morgan fingerprint density at radius 2 is 2.50 bits per heavy atom. The maximum Gasteiger partial charge on any atom is -0.0423 e. The van der Waals surface area contributed by atoms with Crippen molar-refractivity contribution < 1.29 is 4.42 Å². The molecule has 1 atom stereocenters. The van der Waals surface area contributed by atoms with Gasteiger partial charge in [0, 0.05) is 0 Å². The summed E-state index contributed by atoms with van der Waals surface area (Å²) in [5.41, 5.74) is 0. The van der Waals surface area contributed by atoms with Crippen LogP contribution in [0.15, 0.2) is 0 Å². The van der Waals surface area contributed by atoms with Gasteiger partial charge in [0.1, 0.15) is 0 Å². The Bertz CT molecular complexity index is 42.8. The summed E-state index contributed by atoms with van der Waals surface area (Å²) in [5.74, 6) is 0. The number of hydrogen-bond donors (Lipinski definition) is 0. The summed E-state index contributed by atoms with van der Waals surface area (Å²) in [7, 11) is 5.66. The molecule has 1 unspecified atom stereocenters. The van der Waals surface area contributed by atoms with Crippen molar-refractivity contribution in [2.45, 2.75) is 6.42 Å². The zero-order valence-electron chi connectivity index (χ0n) is 3.61. The largest absolute Gasteiger partial charge is 0.587 e. The molecule has 0 bridgehead atoms.